The number of carbonyl (C=O) groups is 1. The molecule has 2 aliphatic rings. The van der Waals surface area contributed by atoms with Crippen molar-refractivity contribution in [2.24, 2.45) is 0 Å². The quantitative estimate of drug-likeness (QED) is 0.510. The average Bonchev–Trinajstić information content (AvgIpc) is 3.16. The number of anilines is 1. The first-order valence-corrected chi connectivity index (χ1v) is 10.6. The van der Waals surface area contributed by atoms with Gasteiger partial charge < -0.3 is 4.90 Å². The van der Waals surface area contributed by atoms with Crippen LogP contribution in [0.15, 0.2) is 63.4 Å². The highest BCUT2D eigenvalue weighted by molar-refractivity contribution is 8.26. The molecule has 0 radical (unpaired) electrons. The molecular weight excluding hydrogens is 380 g/mol. The van der Waals surface area contributed by atoms with Crippen LogP contribution in [0.1, 0.15) is 13.8 Å². The lowest BCUT2D eigenvalue weighted by Crippen LogP contribution is -2.27. The van der Waals surface area contributed by atoms with Crippen molar-refractivity contribution >= 4 is 62.4 Å². The second-order valence-corrected chi connectivity index (χ2v) is 8.64. The van der Waals surface area contributed by atoms with Crippen molar-refractivity contribution in [1.82, 2.24) is 4.90 Å². The number of hydrogen-bond donors (Lipinski definition) is 0. The topological polar surface area (TPSA) is 23.6 Å². The zero-order valence-electron chi connectivity index (χ0n) is 14.6. The van der Waals surface area contributed by atoms with Crippen molar-refractivity contribution in [3.05, 3.63) is 58.5 Å². The average molecular weight is 399 g/mol. The zero-order valence-corrected chi connectivity index (χ0v) is 17.0. The number of hydrogen-bond acceptors (Lipinski definition) is 5. The van der Waals surface area contributed by atoms with Crippen molar-refractivity contribution in [3.63, 3.8) is 0 Å². The van der Waals surface area contributed by atoms with Crippen LogP contribution < -0.4 is 4.90 Å². The van der Waals surface area contributed by atoms with E-state index in [1.54, 1.807) is 16.7 Å². The van der Waals surface area contributed by atoms with Crippen LogP contribution in [0.2, 0.25) is 0 Å². The van der Waals surface area contributed by atoms with E-state index < -0.39 is 0 Å². The van der Waals surface area contributed by atoms with Gasteiger partial charge in [-0.25, -0.2) is 0 Å². The summed E-state index contributed by atoms with van der Waals surface area (Å²) in [7, 11) is 0. The number of benzene rings is 2. The number of carbonyl (C=O) groups excluding carboxylic acids is 1. The van der Waals surface area contributed by atoms with Gasteiger partial charge in [-0.05, 0) is 42.8 Å². The first-order chi connectivity index (χ1) is 12.6. The minimum Gasteiger partial charge on any atom is -0.335 e. The summed E-state index contributed by atoms with van der Waals surface area (Å²) in [5.41, 5.74) is 1.23. The Morgan fingerprint density at radius 2 is 1.77 bits per heavy atom. The highest BCUT2D eigenvalue weighted by Gasteiger charge is 2.31. The number of fused-ring (bicyclic) bond motifs is 3. The van der Waals surface area contributed by atoms with Crippen molar-refractivity contribution in [2.75, 3.05) is 18.0 Å². The van der Waals surface area contributed by atoms with Gasteiger partial charge in [0.05, 0.1) is 15.6 Å². The van der Waals surface area contributed by atoms with Crippen LogP contribution >= 0.6 is 35.7 Å². The van der Waals surface area contributed by atoms with E-state index in [1.165, 1.54) is 33.1 Å². The van der Waals surface area contributed by atoms with Gasteiger partial charge in [0.15, 0.2) is 0 Å². The Morgan fingerprint density at radius 1 is 1.00 bits per heavy atom. The predicted molar refractivity (Wildman–Crippen MR) is 117 cm³/mol. The Hall–Kier alpha value is -1.76. The van der Waals surface area contributed by atoms with E-state index in [0.717, 1.165) is 11.6 Å². The molecule has 2 aromatic rings. The lowest BCUT2D eigenvalue weighted by atomic mass is 10.1. The van der Waals surface area contributed by atoms with E-state index in [1.807, 2.05) is 19.1 Å². The summed E-state index contributed by atoms with van der Waals surface area (Å²) in [5.74, 6) is 0.00774. The largest absolute Gasteiger partial charge is 0.335 e. The van der Waals surface area contributed by atoms with Crippen LogP contribution in [0.4, 0.5) is 5.69 Å². The number of likely N-dealkylation sites (N-methyl/N-ethyl adjacent to an activating group) is 1. The van der Waals surface area contributed by atoms with E-state index in [-0.39, 0.29) is 5.91 Å². The maximum Gasteiger partial charge on any atom is 0.266 e. The van der Waals surface area contributed by atoms with Gasteiger partial charge in [0.25, 0.3) is 5.91 Å². The molecule has 0 spiro atoms. The van der Waals surface area contributed by atoms with E-state index in [0.29, 0.717) is 15.8 Å². The standard InChI is InChI=1S/C20H18N2OS3/c1-3-21-15-10-9-13-7-5-6-8-14(13)18(15)26-17(21)12-11-16-19(23)22(4-2)20(24)25-16/h5-12H,3-4H2,1-2H3/b16-11-,17-12-. The lowest BCUT2D eigenvalue weighted by Gasteiger charge is -2.17. The molecule has 0 aliphatic carbocycles. The monoisotopic (exact) mass is 398 g/mol. The molecule has 2 heterocycles. The van der Waals surface area contributed by atoms with E-state index >= 15 is 0 Å². The summed E-state index contributed by atoms with van der Waals surface area (Å²) >= 11 is 8.44. The molecule has 132 valence electrons. The highest BCUT2D eigenvalue weighted by Crippen LogP contribution is 2.49. The Balaban J connectivity index is 1.71. The zero-order chi connectivity index (χ0) is 18.3. The summed E-state index contributed by atoms with van der Waals surface area (Å²) in [6.07, 6.45) is 3.96. The van der Waals surface area contributed by atoms with E-state index in [2.05, 4.69) is 48.2 Å². The van der Waals surface area contributed by atoms with Gasteiger partial charge in [-0.2, -0.15) is 0 Å². The number of allylic oxidation sites excluding steroid dienone is 2. The molecule has 3 nitrogen and oxygen atoms in total. The predicted octanol–water partition coefficient (Wildman–Crippen LogP) is 5.38. The Labute approximate surface area is 167 Å². The lowest BCUT2D eigenvalue weighted by molar-refractivity contribution is -0.122. The molecule has 1 saturated heterocycles. The van der Waals surface area contributed by atoms with Gasteiger partial charge in [-0.3, -0.25) is 9.69 Å². The summed E-state index contributed by atoms with van der Waals surface area (Å²) < 4.78 is 0.642. The van der Waals surface area contributed by atoms with Gasteiger partial charge >= 0.3 is 0 Å². The molecule has 0 bridgehead atoms. The fraction of sp³-hybridized carbons (Fsp3) is 0.200. The molecule has 0 aromatic heterocycles. The molecule has 4 rings (SSSR count). The van der Waals surface area contributed by atoms with Crippen LogP contribution in [0.25, 0.3) is 10.8 Å². The molecule has 6 heteroatoms. The molecule has 0 unspecified atom stereocenters. The number of thiocarbonyl (C=S) groups is 1. The fourth-order valence-electron chi connectivity index (χ4n) is 3.21. The van der Waals surface area contributed by atoms with Gasteiger partial charge in [-0.1, -0.05) is 66.1 Å². The van der Waals surface area contributed by atoms with Gasteiger partial charge in [0.1, 0.15) is 4.32 Å². The third kappa shape index (κ3) is 2.86. The van der Waals surface area contributed by atoms with E-state index in [9.17, 15) is 4.79 Å². The summed E-state index contributed by atoms with van der Waals surface area (Å²) in [6.45, 7) is 5.59. The third-order valence-corrected chi connectivity index (χ3v) is 7.10. The summed E-state index contributed by atoms with van der Waals surface area (Å²) in [5, 5.41) is 3.66. The molecule has 1 fully saturated rings. The number of rotatable bonds is 3. The minimum atomic E-state index is 0.00774. The fourth-order valence-corrected chi connectivity index (χ4v) is 5.80. The van der Waals surface area contributed by atoms with Crippen molar-refractivity contribution in [3.8, 4) is 0 Å². The highest BCUT2D eigenvalue weighted by atomic mass is 32.2. The molecular formula is C20H18N2OS3. The van der Waals surface area contributed by atoms with Crippen LogP contribution in [-0.2, 0) is 4.79 Å². The first kappa shape index (κ1) is 17.6. The molecule has 26 heavy (non-hydrogen) atoms. The SMILES string of the molecule is CCN1C(=O)/C(=C/C=C2\Sc3c(ccc4ccccc34)N2CC)SC1=S. The van der Waals surface area contributed by atoms with Crippen LogP contribution in [-0.4, -0.2) is 28.2 Å². The summed E-state index contributed by atoms with van der Waals surface area (Å²) in [4.78, 5) is 18.3. The van der Waals surface area contributed by atoms with Crippen molar-refractivity contribution < 1.29 is 4.79 Å². The third-order valence-electron chi connectivity index (χ3n) is 4.51. The van der Waals surface area contributed by atoms with Gasteiger partial charge in [0.2, 0.25) is 0 Å². The number of thioether (sulfide) groups is 2. The Bertz CT molecular complexity index is 980. The maximum absolute atomic E-state index is 12.4. The molecule has 1 amide bonds. The first-order valence-electron chi connectivity index (χ1n) is 8.56. The van der Waals surface area contributed by atoms with Crippen LogP contribution in [0, 0.1) is 0 Å². The van der Waals surface area contributed by atoms with Crippen molar-refractivity contribution in [1.29, 1.82) is 0 Å². The summed E-state index contributed by atoms with van der Waals surface area (Å²) in [6, 6.07) is 12.8. The number of amides is 1. The molecule has 0 atom stereocenters. The normalized spacial score (nSPS) is 20.1. The van der Waals surface area contributed by atoms with Gasteiger partial charge in [0, 0.05) is 18.0 Å². The maximum atomic E-state index is 12.4. The smallest absolute Gasteiger partial charge is 0.266 e. The second kappa shape index (κ2) is 7.10. The molecule has 0 N–H and O–H groups in total. The van der Waals surface area contributed by atoms with E-state index in [4.69, 9.17) is 12.2 Å². The van der Waals surface area contributed by atoms with Crippen LogP contribution in [0.3, 0.4) is 0 Å². The molecule has 0 saturated carbocycles. The Morgan fingerprint density at radius 3 is 2.50 bits per heavy atom. The van der Waals surface area contributed by atoms with Crippen molar-refractivity contribution in [2.45, 2.75) is 18.7 Å². The molecule has 2 aliphatic heterocycles. The van der Waals surface area contributed by atoms with Gasteiger partial charge in [-0.15, -0.1) is 0 Å². The van der Waals surface area contributed by atoms with Crippen LogP contribution in [0.5, 0.6) is 0 Å². The molecule has 2 aromatic carbocycles. The number of nitrogens with zero attached hydrogens (tertiary/aromatic N) is 2. The second-order valence-electron chi connectivity index (χ2n) is 5.93. The minimum absolute atomic E-state index is 0.00774. The Kier molecular flexibility index (Phi) is 4.82.